The lowest BCUT2D eigenvalue weighted by atomic mass is 10.3. The van der Waals surface area contributed by atoms with E-state index in [-0.39, 0.29) is 17.0 Å². The number of aromatic nitrogens is 6. The van der Waals surface area contributed by atoms with E-state index in [1.807, 2.05) is 0 Å². The van der Waals surface area contributed by atoms with Gasteiger partial charge in [-0.15, -0.1) is 21.6 Å². The largest absolute Gasteiger partial charge is 0.506 e. The van der Waals surface area contributed by atoms with Gasteiger partial charge in [-0.1, -0.05) is 6.08 Å². The van der Waals surface area contributed by atoms with Crippen molar-refractivity contribution >= 4 is 48.2 Å². The average molecular weight is 473 g/mol. The van der Waals surface area contributed by atoms with E-state index in [2.05, 4.69) is 42.4 Å². The number of nitrogens with one attached hydrogen (secondary N) is 2. The van der Waals surface area contributed by atoms with Crippen LogP contribution < -0.4 is 15.2 Å². The summed E-state index contributed by atoms with van der Waals surface area (Å²) >= 11 is 5.97. The normalized spacial score (nSPS) is 11.8. The molecule has 0 radical (unpaired) electrons. The fourth-order valence-electron chi connectivity index (χ4n) is 2.77. The van der Waals surface area contributed by atoms with E-state index >= 15 is 0 Å². The molecule has 0 aliphatic rings. The maximum atomic E-state index is 11.4. The summed E-state index contributed by atoms with van der Waals surface area (Å²) in [7, 11) is -2.19. The van der Waals surface area contributed by atoms with Crippen LogP contribution in [0.15, 0.2) is 49.1 Å². The van der Waals surface area contributed by atoms with Crippen molar-refractivity contribution in [3.8, 4) is 17.2 Å². The van der Waals surface area contributed by atoms with Crippen molar-refractivity contribution in [1.82, 2.24) is 29.9 Å². The Labute approximate surface area is 188 Å². The molecule has 32 heavy (non-hydrogen) atoms. The number of benzene rings is 2. The van der Waals surface area contributed by atoms with Gasteiger partial charge in [0.1, 0.15) is 28.2 Å². The molecule has 0 fully saturated rings. The Morgan fingerprint density at radius 3 is 2.72 bits per heavy atom. The van der Waals surface area contributed by atoms with Crippen LogP contribution in [0, 0.1) is 0 Å². The van der Waals surface area contributed by atoms with Crippen LogP contribution in [0.1, 0.15) is 0 Å². The lowest BCUT2D eigenvalue weighted by Gasteiger charge is -2.07. The zero-order chi connectivity index (χ0) is 22.7. The molecule has 0 amide bonds. The molecule has 0 bridgehead atoms. The number of nitrogens with zero attached hydrogens (tertiary/aromatic N) is 6. The van der Waals surface area contributed by atoms with Gasteiger partial charge >= 0.3 is 0 Å². The number of phenolic OH excluding ortho intramolecular Hbond substituents is 1. The molecule has 11 nitrogen and oxygen atoms in total. The minimum Gasteiger partial charge on any atom is -0.506 e. The second-order valence-corrected chi connectivity index (χ2v) is 8.01. The third-order valence-electron chi connectivity index (χ3n) is 4.07. The molecule has 0 aliphatic carbocycles. The molecule has 4 rings (SSSR count). The summed E-state index contributed by atoms with van der Waals surface area (Å²) in [6, 6.07) is 9.74. The number of fused-ring (bicyclic) bond motifs is 1. The van der Waals surface area contributed by atoms with E-state index in [4.69, 9.17) is 16.1 Å². The molecule has 3 N–H and O–H groups in total. The number of halogens is 1. The van der Waals surface area contributed by atoms with Crippen LogP contribution in [-0.4, -0.2) is 48.3 Å². The molecule has 1 unspecified atom stereocenters. The first-order valence-corrected chi connectivity index (χ1v) is 11.5. The summed E-state index contributed by atoms with van der Waals surface area (Å²) in [5.74, 6) is 0.860. The van der Waals surface area contributed by atoms with Gasteiger partial charge in [-0.05, 0) is 41.9 Å². The predicted octanol–water partition coefficient (Wildman–Crippen LogP) is 3.79. The highest BCUT2D eigenvalue weighted by Crippen LogP contribution is 2.31. The van der Waals surface area contributed by atoms with Gasteiger partial charge in [0, 0.05) is 25.0 Å². The van der Waals surface area contributed by atoms with Gasteiger partial charge in [-0.25, -0.2) is 0 Å². The zero-order valence-corrected chi connectivity index (χ0v) is 18.5. The van der Waals surface area contributed by atoms with E-state index < -0.39 is 8.03 Å². The molecule has 0 spiro atoms. The number of phenols is 1. The molecule has 0 saturated heterocycles. The second kappa shape index (κ2) is 9.21. The SMILES string of the molecule is C=CCNc1nc(Cl)nc(Nc2ccc3nn(-c4cc(O[PH](C)=O)ccc4O)nc3c2)n1. The predicted molar refractivity (Wildman–Crippen MR) is 123 cm³/mol. The van der Waals surface area contributed by atoms with Crippen LogP contribution in [0.2, 0.25) is 5.28 Å². The van der Waals surface area contributed by atoms with E-state index in [1.165, 1.54) is 29.7 Å². The van der Waals surface area contributed by atoms with Crippen molar-refractivity contribution in [3.63, 3.8) is 0 Å². The fourth-order valence-corrected chi connectivity index (χ4v) is 3.39. The van der Waals surface area contributed by atoms with Crippen LogP contribution in [0.5, 0.6) is 11.5 Å². The first kappa shape index (κ1) is 21.5. The molecule has 4 aromatic rings. The van der Waals surface area contributed by atoms with Gasteiger partial charge < -0.3 is 20.3 Å². The van der Waals surface area contributed by atoms with Crippen molar-refractivity contribution in [2.24, 2.45) is 0 Å². The maximum absolute atomic E-state index is 11.4. The Kier molecular flexibility index (Phi) is 6.20. The first-order valence-electron chi connectivity index (χ1n) is 9.33. The Bertz CT molecular complexity index is 1330. The topological polar surface area (TPSA) is 140 Å². The average Bonchev–Trinajstić information content (AvgIpc) is 3.16. The molecule has 2 heterocycles. The van der Waals surface area contributed by atoms with Gasteiger partial charge in [-0.3, -0.25) is 4.57 Å². The Morgan fingerprint density at radius 1 is 1.16 bits per heavy atom. The van der Waals surface area contributed by atoms with Crippen LogP contribution in [0.25, 0.3) is 16.7 Å². The summed E-state index contributed by atoms with van der Waals surface area (Å²) in [6.45, 7) is 5.58. The summed E-state index contributed by atoms with van der Waals surface area (Å²) < 4.78 is 16.6. The number of aromatic hydroxyl groups is 1. The number of hydrogen-bond donors (Lipinski definition) is 3. The summed E-state index contributed by atoms with van der Waals surface area (Å²) in [5, 5.41) is 25.1. The Balaban J connectivity index is 1.62. The lowest BCUT2D eigenvalue weighted by Crippen LogP contribution is -2.07. The molecule has 2 aromatic carbocycles. The minimum absolute atomic E-state index is 0.0355. The molecule has 0 saturated carbocycles. The van der Waals surface area contributed by atoms with Crippen LogP contribution in [0.4, 0.5) is 17.6 Å². The number of hydrogen-bond acceptors (Lipinski definition) is 10. The van der Waals surface area contributed by atoms with Gasteiger partial charge in [0.05, 0.1) is 0 Å². The smallest absolute Gasteiger partial charge is 0.233 e. The first-order chi connectivity index (χ1) is 15.4. The van der Waals surface area contributed by atoms with Crippen LogP contribution in [-0.2, 0) is 4.57 Å². The van der Waals surface area contributed by atoms with Gasteiger partial charge in [0.2, 0.25) is 25.2 Å². The van der Waals surface area contributed by atoms with Gasteiger partial charge in [-0.2, -0.15) is 15.0 Å². The lowest BCUT2D eigenvalue weighted by molar-refractivity contribution is 0.464. The third-order valence-corrected chi connectivity index (χ3v) is 4.77. The molecule has 164 valence electrons. The molecule has 1 atom stereocenters. The highest BCUT2D eigenvalue weighted by molar-refractivity contribution is 7.38. The number of anilines is 3. The van der Waals surface area contributed by atoms with Crippen molar-refractivity contribution < 1.29 is 14.2 Å². The highest BCUT2D eigenvalue weighted by Gasteiger charge is 2.12. The standard InChI is InChI=1S/C19H18ClN8O3P/c1-3-8-21-18-23-17(20)24-19(25-18)22-11-4-6-13-14(9-11)27-28(26-13)15-10-12(31-32(2)30)5-7-16(15)29/h3-7,9-10,29,32H,1,8H2,2H3,(H2,21,22,23,24,25). The van der Waals surface area contributed by atoms with Crippen molar-refractivity contribution in [2.45, 2.75) is 0 Å². The molecule has 2 aromatic heterocycles. The molecule has 0 aliphatic heterocycles. The highest BCUT2D eigenvalue weighted by atomic mass is 35.5. The minimum atomic E-state index is -2.19. The quantitative estimate of drug-likeness (QED) is 0.256. The third kappa shape index (κ3) is 4.96. The van der Waals surface area contributed by atoms with Crippen molar-refractivity contribution in [3.05, 3.63) is 54.3 Å². The van der Waals surface area contributed by atoms with Gasteiger partial charge in [0.15, 0.2) is 0 Å². The monoisotopic (exact) mass is 472 g/mol. The van der Waals surface area contributed by atoms with E-state index in [9.17, 15) is 9.67 Å². The molecular formula is C19H18ClN8O3P. The molecule has 13 heteroatoms. The van der Waals surface area contributed by atoms with Gasteiger partial charge in [0.25, 0.3) is 0 Å². The van der Waals surface area contributed by atoms with E-state index in [0.29, 0.717) is 40.7 Å². The Hall–Kier alpha value is -3.69. The van der Waals surface area contributed by atoms with Crippen molar-refractivity contribution in [2.75, 3.05) is 23.8 Å². The summed E-state index contributed by atoms with van der Waals surface area (Å²) in [6.07, 6.45) is 1.67. The summed E-state index contributed by atoms with van der Waals surface area (Å²) in [4.78, 5) is 13.6. The fraction of sp³-hybridized carbons (Fsp3) is 0.105. The maximum Gasteiger partial charge on any atom is 0.233 e. The van der Waals surface area contributed by atoms with Crippen LogP contribution in [0.3, 0.4) is 0 Å². The molecular weight excluding hydrogens is 455 g/mol. The zero-order valence-electron chi connectivity index (χ0n) is 16.8. The van der Waals surface area contributed by atoms with Crippen LogP contribution >= 0.6 is 19.6 Å². The summed E-state index contributed by atoms with van der Waals surface area (Å²) in [5.41, 5.74) is 2.08. The second-order valence-electron chi connectivity index (χ2n) is 6.48. The number of rotatable bonds is 8. The van der Waals surface area contributed by atoms with Crippen molar-refractivity contribution in [1.29, 1.82) is 0 Å². The van der Waals surface area contributed by atoms with E-state index in [1.54, 1.807) is 24.3 Å². The Morgan fingerprint density at radius 2 is 1.94 bits per heavy atom. The van der Waals surface area contributed by atoms with E-state index in [0.717, 1.165) is 0 Å².